The van der Waals surface area contributed by atoms with Gasteiger partial charge in [-0.25, -0.2) is 4.79 Å². The lowest BCUT2D eigenvalue weighted by Gasteiger charge is -2.02. The van der Waals surface area contributed by atoms with Crippen LogP contribution in [-0.2, 0) is 9.53 Å². The molecule has 1 aromatic rings. The van der Waals surface area contributed by atoms with Gasteiger partial charge in [0.15, 0.2) is 11.5 Å². The molecule has 0 spiro atoms. The monoisotopic (exact) mass is 265 g/mol. The van der Waals surface area contributed by atoms with Crippen LogP contribution in [0.4, 0.5) is 0 Å². The van der Waals surface area contributed by atoms with Gasteiger partial charge < -0.3 is 14.2 Å². The number of methoxy groups -OCH3 is 1. The Morgan fingerprint density at radius 1 is 1.56 bits per heavy atom. The largest absolute Gasteiger partial charge is 0.465 e. The first kappa shape index (κ1) is 12.3. The molecule has 2 rings (SSSR count). The molecule has 92 valence electrons. The molecule has 0 N–H and O–H groups in total. The predicted octanol–water partition coefficient (Wildman–Crippen LogP) is 2.15. The van der Waals surface area contributed by atoms with Crippen LogP contribution in [-0.4, -0.2) is 19.9 Å². The summed E-state index contributed by atoms with van der Waals surface area (Å²) in [6.07, 6.45) is 1.37. The Morgan fingerprint density at radius 3 is 3.00 bits per heavy atom. The summed E-state index contributed by atoms with van der Waals surface area (Å²) in [5, 5.41) is 9.20. The van der Waals surface area contributed by atoms with E-state index in [0.717, 1.165) is 0 Å². The number of benzene rings is 1. The van der Waals surface area contributed by atoms with Crippen molar-refractivity contribution in [3.8, 4) is 17.6 Å². The molecule has 0 saturated carbocycles. The molecule has 0 aliphatic carbocycles. The van der Waals surface area contributed by atoms with Crippen molar-refractivity contribution in [2.45, 2.75) is 0 Å². The molecule has 0 unspecified atom stereocenters. The number of halogens is 1. The molecule has 6 heteroatoms. The second-order valence-corrected chi connectivity index (χ2v) is 3.81. The van der Waals surface area contributed by atoms with E-state index < -0.39 is 5.97 Å². The molecule has 5 nitrogen and oxygen atoms in total. The zero-order chi connectivity index (χ0) is 13.1. The van der Waals surface area contributed by atoms with E-state index in [9.17, 15) is 4.79 Å². The summed E-state index contributed by atoms with van der Waals surface area (Å²) in [5.74, 6) is 0.243. The van der Waals surface area contributed by atoms with E-state index in [1.54, 1.807) is 18.2 Å². The smallest absolute Gasteiger partial charge is 0.348 e. The number of fused-ring (bicyclic) bond motifs is 1. The second-order valence-electron chi connectivity index (χ2n) is 3.40. The highest BCUT2D eigenvalue weighted by atomic mass is 35.5. The third-order valence-corrected chi connectivity index (χ3v) is 2.57. The second kappa shape index (κ2) is 4.98. The SMILES string of the molecule is COC(=O)C(C#N)=Cc1cc(Cl)c2c(c1)OCO2. The summed E-state index contributed by atoms with van der Waals surface area (Å²) in [4.78, 5) is 11.3. The molecule has 0 aromatic heterocycles. The average molecular weight is 266 g/mol. The minimum atomic E-state index is -0.703. The summed E-state index contributed by atoms with van der Waals surface area (Å²) in [7, 11) is 1.21. The van der Waals surface area contributed by atoms with E-state index >= 15 is 0 Å². The number of nitrogens with zero attached hydrogens (tertiary/aromatic N) is 1. The van der Waals surface area contributed by atoms with Crippen LogP contribution in [0.25, 0.3) is 6.08 Å². The van der Waals surface area contributed by atoms with E-state index in [1.807, 2.05) is 0 Å². The Bertz CT molecular complexity index is 574. The Kier molecular flexibility index (Phi) is 3.40. The highest BCUT2D eigenvalue weighted by Gasteiger charge is 2.18. The summed E-state index contributed by atoms with van der Waals surface area (Å²) in [6, 6.07) is 4.97. The van der Waals surface area contributed by atoms with Gasteiger partial charge in [0.2, 0.25) is 6.79 Å². The standard InChI is InChI=1S/C12H8ClNO4/c1-16-12(15)8(5-14)2-7-3-9(13)11-10(4-7)17-6-18-11/h2-4H,6H2,1H3. The van der Waals surface area contributed by atoms with Crippen molar-refractivity contribution in [3.63, 3.8) is 0 Å². The van der Waals surface area contributed by atoms with Crippen LogP contribution in [0.1, 0.15) is 5.56 Å². The number of hydrogen-bond donors (Lipinski definition) is 0. The first-order chi connectivity index (χ1) is 8.65. The maximum atomic E-state index is 11.3. The van der Waals surface area contributed by atoms with Crippen molar-refractivity contribution in [3.05, 3.63) is 28.3 Å². The van der Waals surface area contributed by atoms with Gasteiger partial charge >= 0.3 is 5.97 Å². The van der Waals surface area contributed by atoms with Gasteiger partial charge in [-0.05, 0) is 23.8 Å². The molecule has 1 aromatic carbocycles. The number of esters is 1. The van der Waals surface area contributed by atoms with Gasteiger partial charge in [-0.15, -0.1) is 0 Å². The zero-order valence-electron chi connectivity index (χ0n) is 9.40. The van der Waals surface area contributed by atoms with E-state index in [1.165, 1.54) is 13.2 Å². The van der Waals surface area contributed by atoms with Gasteiger partial charge in [-0.1, -0.05) is 11.6 Å². The molecule has 1 heterocycles. The Hall–Kier alpha value is -2.19. The molecule has 1 aliphatic heterocycles. The molecular weight excluding hydrogens is 258 g/mol. The maximum absolute atomic E-state index is 11.3. The first-order valence-corrected chi connectivity index (χ1v) is 5.32. The van der Waals surface area contributed by atoms with E-state index in [2.05, 4.69) is 4.74 Å². The molecular formula is C12H8ClNO4. The van der Waals surface area contributed by atoms with E-state index in [-0.39, 0.29) is 12.4 Å². The number of ether oxygens (including phenoxy) is 3. The van der Waals surface area contributed by atoms with Crippen molar-refractivity contribution < 1.29 is 19.0 Å². The highest BCUT2D eigenvalue weighted by molar-refractivity contribution is 6.32. The van der Waals surface area contributed by atoms with Crippen LogP contribution < -0.4 is 9.47 Å². The van der Waals surface area contributed by atoms with Crippen LogP contribution in [0, 0.1) is 11.3 Å². The summed E-state index contributed by atoms with van der Waals surface area (Å²) >= 11 is 5.98. The third kappa shape index (κ3) is 2.24. The topological polar surface area (TPSA) is 68.6 Å². The number of rotatable bonds is 2. The van der Waals surface area contributed by atoms with Gasteiger partial charge in [0.25, 0.3) is 0 Å². The normalized spacial score (nSPS) is 13.1. The van der Waals surface area contributed by atoms with Crippen molar-refractivity contribution in [2.24, 2.45) is 0 Å². The zero-order valence-corrected chi connectivity index (χ0v) is 10.2. The molecule has 0 radical (unpaired) electrons. The van der Waals surface area contributed by atoms with Crippen LogP contribution in [0.2, 0.25) is 5.02 Å². The molecule has 0 bridgehead atoms. The fraction of sp³-hybridized carbons (Fsp3) is 0.167. The molecule has 18 heavy (non-hydrogen) atoms. The Labute approximate surface area is 108 Å². The molecule has 0 fully saturated rings. The van der Waals surface area contributed by atoms with Gasteiger partial charge in [0.05, 0.1) is 12.1 Å². The highest BCUT2D eigenvalue weighted by Crippen LogP contribution is 2.40. The number of hydrogen-bond acceptors (Lipinski definition) is 5. The quantitative estimate of drug-likeness (QED) is 0.466. The average Bonchev–Trinajstić information content (AvgIpc) is 2.83. The van der Waals surface area contributed by atoms with Crippen molar-refractivity contribution in [1.29, 1.82) is 5.26 Å². The molecule has 0 amide bonds. The lowest BCUT2D eigenvalue weighted by atomic mass is 10.1. The fourth-order valence-electron chi connectivity index (χ4n) is 1.48. The fourth-order valence-corrected chi connectivity index (χ4v) is 1.76. The lowest BCUT2D eigenvalue weighted by Crippen LogP contribution is -2.02. The number of carbonyl (C=O) groups is 1. The van der Waals surface area contributed by atoms with E-state index in [4.69, 9.17) is 26.3 Å². The molecule has 0 atom stereocenters. The maximum Gasteiger partial charge on any atom is 0.348 e. The minimum Gasteiger partial charge on any atom is -0.465 e. The number of nitriles is 1. The number of carbonyl (C=O) groups excluding carboxylic acids is 1. The Balaban J connectivity index is 2.41. The van der Waals surface area contributed by atoms with Crippen LogP contribution in [0.15, 0.2) is 17.7 Å². The molecule has 0 saturated heterocycles. The Morgan fingerprint density at radius 2 is 2.33 bits per heavy atom. The van der Waals surface area contributed by atoms with Crippen molar-refractivity contribution in [2.75, 3.05) is 13.9 Å². The minimum absolute atomic E-state index is 0.102. The van der Waals surface area contributed by atoms with Gasteiger partial charge in [-0.3, -0.25) is 0 Å². The van der Waals surface area contributed by atoms with Gasteiger partial charge in [0, 0.05) is 0 Å². The molecule has 1 aliphatic rings. The van der Waals surface area contributed by atoms with Gasteiger partial charge in [-0.2, -0.15) is 5.26 Å². The van der Waals surface area contributed by atoms with Gasteiger partial charge in [0.1, 0.15) is 11.6 Å². The lowest BCUT2D eigenvalue weighted by molar-refractivity contribution is -0.135. The first-order valence-electron chi connectivity index (χ1n) is 4.95. The summed E-state index contributed by atoms with van der Waals surface area (Å²) in [5.41, 5.74) is 0.443. The van der Waals surface area contributed by atoms with Crippen molar-refractivity contribution in [1.82, 2.24) is 0 Å². The van der Waals surface area contributed by atoms with Crippen molar-refractivity contribution >= 4 is 23.6 Å². The van der Waals surface area contributed by atoms with E-state index in [0.29, 0.717) is 22.1 Å². The summed E-state index contributed by atoms with van der Waals surface area (Å²) in [6.45, 7) is 0.102. The van der Waals surface area contributed by atoms with Crippen LogP contribution in [0.5, 0.6) is 11.5 Å². The predicted molar refractivity (Wildman–Crippen MR) is 63.2 cm³/mol. The van der Waals surface area contributed by atoms with Crippen LogP contribution >= 0.6 is 11.6 Å². The third-order valence-electron chi connectivity index (χ3n) is 2.29. The van der Waals surface area contributed by atoms with Crippen LogP contribution in [0.3, 0.4) is 0 Å². The summed E-state index contributed by atoms with van der Waals surface area (Å²) < 4.78 is 14.8.